The highest BCUT2D eigenvalue weighted by atomic mass is 35.5. The Morgan fingerprint density at radius 2 is 1.81 bits per heavy atom. The maximum atomic E-state index is 13.2. The lowest BCUT2D eigenvalue weighted by Crippen LogP contribution is -2.08. The van der Waals surface area contributed by atoms with E-state index in [0.717, 1.165) is 11.6 Å². The Bertz CT molecular complexity index is 821. The first-order valence-electron chi connectivity index (χ1n) is 6.19. The standard InChI is InChI=1S/C15H10ClF3N2/c1-9-6-7-12-13(16)20-14(21(12)8-9)10-4-2-3-5-11(10)15(17,18)19/h2-8H,1H3. The third-order valence-corrected chi connectivity index (χ3v) is 3.49. The van der Waals surface area contributed by atoms with Gasteiger partial charge in [0.15, 0.2) is 5.15 Å². The van der Waals surface area contributed by atoms with E-state index in [2.05, 4.69) is 4.98 Å². The van der Waals surface area contributed by atoms with Crippen molar-refractivity contribution in [2.45, 2.75) is 13.1 Å². The van der Waals surface area contributed by atoms with Crippen LogP contribution in [-0.2, 0) is 6.18 Å². The predicted octanol–water partition coefficient (Wildman–Crippen LogP) is 4.98. The minimum absolute atomic E-state index is 0.0116. The van der Waals surface area contributed by atoms with Gasteiger partial charge in [-0.05, 0) is 24.6 Å². The molecular formula is C15H10ClF3N2. The maximum absolute atomic E-state index is 13.2. The summed E-state index contributed by atoms with van der Waals surface area (Å²) in [5.41, 5.74) is 0.768. The van der Waals surface area contributed by atoms with Gasteiger partial charge in [0.05, 0.1) is 11.1 Å². The van der Waals surface area contributed by atoms with Crippen LogP contribution in [0.1, 0.15) is 11.1 Å². The smallest absolute Gasteiger partial charge is 0.298 e. The van der Waals surface area contributed by atoms with Gasteiger partial charge in [-0.3, -0.25) is 4.40 Å². The number of imidazole rings is 1. The molecule has 0 amide bonds. The van der Waals surface area contributed by atoms with E-state index in [4.69, 9.17) is 11.6 Å². The Balaban J connectivity index is 2.34. The van der Waals surface area contributed by atoms with Gasteiger partial charge in [0.1, 0.15) is 5.82 Å². The number of alkyl halides is 3. The summed E-state index contributed by atoms with van der Waals surface area (Å²) in [5.74, 6) is 0.187. The number of benzene rings is 1. The molecule has 1 aromatic carbocycles. The zero-order chi connectivity index (χ0) is 15.2. The fourth-order valence-corrected chi connectivity index (χ4v) is 2.50. The Hall–Kier alpha value is -2.01. The number of aromatic nitrogens is 2. The van der Waals surface area contributed by atoms with Crippen molar-refractivity contribution in [2.24, 2.45) is 0 Å². The van der Waals surface area contributed by atoms with Gasteiger partial charge in [0.2, 0.25) is 0 Å². The molecular weight excluding hydrogens is 301 g/mol. The van der Waals surface area contributed by atoms with Gasteiger partial charge in [0.25, 0.3) is 0 Å². The number of hydrogen-bond donors (Lipinski definition) is 0. The lowest BCUT2D eigenvalue weighted by Gasteiger charge is -2.12. The van der Waals surface area contributed by atoms with Crippen molar-refractivity contribution >= 4 is 17.1 Å². The van der Waals surface area contributed by atoms with Crippen molar-refractivity contribution in [1.82, 2.24) is 9.38 Å². The van der Waals surface area contributed by atoms with E-state index in [9.17, 15) is 13.2 Å². The Labute approximate surface area is 123 Å². The molecule has 0 N–H and O–H groups in total. The van der Waals surface area contributed by atoms with Crippen LogP contribution in [0, 0.1) is 6.92 Å². The number of fused-ring (bicyclic) bond motifs is 1. The quantitative estimate of drug-likeness (QED) is 0.619. The molecule has 2 nitrogen and oxygen atoms in total. The van der Waals surface area contributed by atoms with Crippen molar-refractivity contribution in [3.8, 4) is 11.4 Å². The molecule has 0 spiro atoms. The number of aryl methyl sites for hydroxylation is 1. The number of hydrogen-bond acceptors (Lipinski definition) is 1. The monoisotopic (exact) mass is 310 g/mol. The van der Waals surface area contributed by atoms with Crippen LogP contribution in [0.15, 0.2) is 42.6 Å². The number of pyridine rings is 1. The van der Waals surface area contributed by atoms with Crippen LogP contribution in [0.2, 0.25) is 5.15 Å². The molecule has 108 valence electrons. The molecule has 0 aliphatic rings. The van der Waals surface area contributed by atoms with Crippen LogP contribution in [0.4, 0.5) is 13.2 Å². The lowest BCUT2D eigenvalue weighted by molar-refractivity contribution is -0.137. The predicted molar refractivity (Wildman–Crippen MR) is 75.4 cm³/mol. The normalized spacial score (nSPS) is 12.0. The zero-order valence-electron chi connectivity index (χ0n) is 10.9. The summed E-state index contributed by atoms with van der Waals surface area (Å²) in [6.45, 7) is 1.85. The molecule has 2 heterocycles. The van der Waals surface area contributed by atoms with Crippen LogP contribution >= 0.6 is 11.6 Å². The van der Waals surface area contributed by atoms with Crippen LogP contribution in [0.5, 0.6) is 0 Å². The van der Waals surface area contributed by atoms with Crippen LogP contribution in [0.3, 0.4) is 0 Å². The first-order valence-corrected chi connectivity index (χ1v) is 6.56. The molecule has 3 rings (SSSR count). The molecule has 0 radical (unpaired) electrons. The Kier molecular flexibility index (Phi) is 3.17. The number of halogens is 4. The molecule has 0 fully saturated rings. The molecule has 0 saturated carbocycles. The Morgan fingerprint density at radius 3 is 2.52 bits per heavy atom. The van der Waals surface area contributed by atoms with E-state index in [0.29, 0.717) is 5.52 Å². The third kappa shape index (κ3) is 2.38. The van der Waals surface area contributed by atoms with E-state index >= 15 is 0 Å². The highest BCUT2D eigenvalue weighted by molar-refractivity contribution is 6.32. The molecule has 0 bridgehead atoms. The van der Waals surface area contributed by atoms with Crippen LogP contribution < -0.4 is 0 Å². The molecule has 0 saturated heterocycles. The summed E-state index contributed by atoms with van der Waals surface area (Å²) in [7, 11) is 0. The second-order valence-corrected chi connectivity index (χ2v) is 5.09. The van der Waals surface area contributed by atoms with Crippen molar-refractivity contribution in [3.63, 3.8) is 0 Å². The van der Waals surface area contributed by atoms with Gasteiger partial charge in [-0.25, -0.2) is 4.98 Å². The van der Waals surface area contributed by atoms with Crippen LogP contribution in [0.25, 0.3) is 16.9 Å². The SMILES string of the molecule is Cc1ccc2c(Cl)nc(-c3ccccc3C(F)(F)F)n2c1. The van der Waals surface area contributed by atoms with Gasteiger partial charge < -0.3 is 0 Å². The third-order valence-electron chi connectivity index (χ3n) is 3.21. The summed E-state index contributed by atoms with van der Waals surface area (Å²) in [6, 6.07) is 8.92. The highest BCUT2D eigenvalue weighted by Gasteiger charge is 2.34. The number of rotatable bonds is 1. The molecule has 2 aromatic heterocycles. The van der Waals surface area contributed by atoms with Crippen LogP contribution in [-0.4, -0.2) is 9.38 Å². The van der Waals surface area contributed by atoms with Gasteiger partial charge in [-0.2, -0.15) is 13.2 Å². The first-order chi connectivity index (χ1) is 9.88. The maximum Gasteiger partial charge on any atom is 0.417 e. The van der Waals surface area contributed by atoms with Gasteiger partial charge in [-0.15, -0.1) is 0 Å². The molecule has 0 atom stereocenters. The second-order valence-electron chi connectivity index (χ2n) is 4.73. The minimum Gasteiger partial charge on any atom is -0.298 e. The Morgan fingerprint density at radius 1 is 1.10 bits per heavy atom. The van der Waals surface area contributed by atoms with Crippen molar-refractivity contribution < 1.29 is 13.2 Å². The summed E-state index contributed by atoms with van der Waals surface area (Å²) < 4.78 is 41.0. The van der Waals surface area contributed by atoms with E-state index < -0.39 is 11.7 Å². The first kappa shape index (κ1) is 13.9. The highest BCUT2D eigenvalue weighted by Crippen LogP contribution is 2.37. The van der Waals surface area contributed by atoms with Crippen molar-refractivity contribution in [3.05, 3.63) is 58.9 Å². The van der Waals surface area contributed by atoms with Gasteiger partial charge >= 0.3 is 6.18 Å². The van der Waals surface area contributed by atoms with Crippen molar-refractivity contribution in [1.29, 1.82) is 0 Å². The lowest BCUT2D eigenvalue weighted by atomic mass is 10.1. The van der Waals surface area contributed by atoms with Gasteiger partial charge in [-0.1, -0.05) is 35.9 Å². The van der Waals surface area contributed by atoms with Gasteiger partial charge in [0, 0.05) is 11.8 Å². The zero-order valence-corrected chi connectivity index (χ0v) is 11.7. The fraction of sp³-hybridized carbons (Fsp3) is 0.133. The number of nitrogens with zero attached hydrogens (tertiary/aromatic N) is 2. The summed E-state index contributed by atoms with van der Waals surface area (Å²) in [6.07, 6.45) is -2.73. The average Bonchev–Trinajstić information content (AvgIpc) is 2.74. The van der Waals surface area contributed by atoms with E-state index in [-0.39, 0.29) is 16.5 Å². The minimum atomic E-state index is -4.45. The second kappa shape index (κ2) is 4.77. The average molecular weight is 311 g/mol. The summed E-state index contributed by atoms with van der Waals surface area (Å²) >= 11 is 6.03. The summed E-state index contributed by atoms with van der Waals surface area (Å²) in [4.78, 5) is 4.10. The molecule has 21 heavy (non-hydrogen) atoms. The topological polar surface area (TPSA) is 17.3 Å². The molecule has 0 unspecified atom stereocenters. The fourth-order valence-electron chi connectivity index (χ4n) is 2.27. The molecule has 0 aliphatic heterocycles. The van der Waals surface area contributed by atoms with Crippen molar-refractivity contribution in [2.75, 3.05) is 0 Å². The van der Waals surface area contributed by atoms with E-state index in [1.165, 1.54) is 12.1 Å². The molecule has 0 aliphatic carbocycles. The molecule has 3 aromatic rings. The van der Waals surface area contributed by atoms with E-state index in [1.54, 1.807) is 22.7 Å². The molecule has 6 heteroatoms. The summed E-state index contributed by atoms with van der Waals surface area (Å²) in [5, 5.41) is 0.182. The van der Waals surface area contributed by atoms with E-state index in [1.807, 2.05) is 13.0 Å². The largest absolute Gasteiger partial charge is 0.417 e.